The molecule has 0 aliphatic rings. The zero-order valence-corrected chi connectivity index (χ0v) is 26.6. The fraction of sp³-hybridized carbons (Fsp3) is 0. The van der Waals surface area contributed by atoms with Crippen LogP contribution in [0.1, 0.15) is 42.5 Å². The van der Waals surface area contributed by atoms with E-state index in [9.17, 15) is 34.6 Å². The zero-order valence-electron chi connectivity index (χ0n) is 24.3. The van der Waals surface area contributed by atoms with E-state index in [0.717, 1.165) is 12.7 Å². The molecule has 0 aliphatic heterocycles. The van der Waals surface area contributed by atoms with Crippen molar-refractivity contribution in [2.75, 3.05) is 5.73 Å². The highest BCUT2D eigenvalue weighted by atomic mass is 35.5. The van der Waals surface area contributed by atoms with Crippen LogP contribution in [0.4, 0.5) is 17.1 Å². The van der Waals surface area contributed by atoms with Crippen molar-refractivity contribution in [3.05, 3.63) is 162 Å². The third-order valence-corrected chi connectivity index (χ3v) is 6.36. The molecule has 0 atom stereocenters. The summed E-state index contributed by atoms with van der Waals surface area (Å²) in [5.41, 5.74) is 5.90. The largest absolute Gasteiger partial charge is 0.452 e. The first-order chi connectivity index (χ1) is 23.4. The molecule has 0 saturated heterocycles. The van der Waals surface area contributed by atoms with Gasteiger partial charge in [0.1, 0.15) is 35.7 Å². The van der Waals surface area contributed by atoms with Crippen LogP contribution in [0.3, 0.4) is 0 Å². The first-order valence-electron chi connectivity index (χ1n) is 13.0. The second-order valence-electron chi connectivity index (χ2n) is 8.81. The molecule has 0 unspecified atom stereocenters. The number of nitro groups is 2. The molecule has 3 aromatic heterocycles. The van der Waals surface area contributed by atoms with Crippen LogP contribution in [0, 0.1) is 20.2 Å². The van der Waals surface area contributed by atoms with E-state index in [-0.39, 0.29) is 44.7 Å². The zero-order chi connectivity index (χ0) is 35.9. The highest BCUT2D eigenvalue weighted by molar-refractivity contribution is 6.32. The van der Waals surface area contributed by atoms with E-state index < -0.39 is 15.6 Å². The van der Waals surface area contributed by atoms with Crippen LogP contribution in [-0.2, 0) is 0 Å². The Morgan fingerprint density at radius 2 is 1.22 bits per heavy atom. The first kappa shape index (κ1) is 37.2. The van der Waals surface area contributed by atoms with E-state index in [4.69, 9.17) is 45.0 Å². The summed E-state index contributed by atoms with van der Waals surface area (Å²) in [6, 6.07) is 12.3. The van der Waals surface area contributed by atoms with Crippen molar-refractivity contribution in [3.8, 4) is 0 Å². The lowest BCUT2D eigenvalue weighted by Crippen LogP contribution is -2.05. The number of carbonyl (C=O) groups excluding carboxylic acids is 3. The van der Waals surface area contributed by atoms with E-state index in [1.165, 1.54) is 67.8 Å². The third kappa shape index (κ3) is 10.9. The van der Waals surface area contributed by atoms with Gasteiger partial charge in [0.15, 0.2) is 25.5 Å². The van der Waals surface area contributed by atoms with Gasteiger partial charge in [-0.25, -0.2) is 15.0 Å². The van der Waals surface area contributed by atoms with E-state index in [1.54, 1.807) is 18.3 Å². The number of nitrogen functional groups attached to an aromatic ring is 1. The van der Waals surface area contributed by atoms with Gasteiger partial charge in [-0.2, -0.15) is 0 Å². The number of nitrogens with zero attached hydrogens (tertiary/aromatic N) is 5. The number of benzene rings is 3. The Bertz CT molecular complexity index is 2020. The summed E-state index contributed by atoms with van der Waals surface area (Å²) in [5.74, 6) is -0.906. The van der Waals surface area contributed by atoms with Crippen LogP contribution < -0.4 is 5.73 Å². The van der Waals surface area contributed by atoms with Gasteiger partial charge in [-0.1, -0.05) is 34.8 Å². The molecule has 3 heterocycles. The van der Waals surface area contributed by atoms with Crippen LogP contribution in [0.2, 0.25) is 15.1 Å². The molecule has 6 aromatic rings. The van der Waals surface area contributed by atoms with Crippen molar-refractivity contribution in [3.63, 3.8) is 0 Å². The van der Waals surface area contributed by atoms with E-state index in [2.05, 4.69) is 23.8 Å². The summed E-state index contributed by atoms with van der Waals surface area (Å²) >= 11 is 17.0. The molecule has 250 valence electrons. The summed E-state index contributed by atoms with van der Waals surface area (Å²) in [6.07, 6.45) is 9.53. The number of hydrogen-bond donors (Lipinski definition) is 1. The highest BCUT2D eigenvalue weighted by Gasteiger charge is 2.23. The Morgan fingerprint density at radius 3 is 1.67 bits per heavy atom. The molecule has 6 rings (SSSR count). The van der Waals surface area contributed by atoms with Gasteiger partial charge in [0.05, 0.1) is 21.6 Å². The van der Waals surface area contributed by atoms with Crippen molar-refractivity contribution in [2.24, 2.45) is 0 Å². The number of nitro benzene ring substituents is 2. The molecule has 0 bridgehead atoms. The average Bonchev–Trinajstić information content (AvgIpc) is 3.91. The smallest absolute Gasteiger partial charge is 0.280 e. The summed E-state index contributed by atoms with van der Waals surface area (Å²) in [7, 11) is 0. The molecule has 49 heavy (non-hydrogen) atoms. The topological polar surface area (TPSA) is 242 Å². The van der Waals surface area contributed by atoms with Crippen LogP contribution in [0.5, 0.6) is 0 Å². The maximum atomic E-state index is 11.9. The number of aromatic nitrogens is 3. The number of anilines is 1. The molecule has 0 radical (unpaired) electrons. The Balaban J connectivity index is 0.000000188. The minimum atomic E-state index is -0.649. The van der Waals surface area contributed by atoms with Crippen molar-refractivity contribution in [2.45, 2.75) is 0 Å². The third-order valence-electron chi connectivity index (χ3n) is 5.65. The van der Waals surface area contributed by atoms with Gasteiger partial charge < -0.3 is 19.0 Å². The lowest BCUT2D eigenvalue weighted by atomic mass is 10.1. The van der Waals surface area contributed by atoms with Gasteiger partial charge in [0.2, 0.25) is 11.6 Å². The quantitative estimate of drug-likeness (QED) is 0.0555. The molecular formula is C30H19Cl3N6O10. The predicted octanol–water partition coefficient (Wildman–Crippen LogP) is 7.34. The second kappa shape index (κ2) is 18.2. The molecular weight excluding hydrogens is 711 g/mol. The number of hydrogen-bond acceptors (Lipinski definition) is 14. The summed E-state index contributed by atoms with van der Waals surface area (Å²) < 4.78 is 13.8. The van der Waals surface area contributed by atoms with Crippen molar-refractivity contribution in [1.29, 1.82) is 0 Å². The molecule has 0 saturated carbocycles. The fourth-order valence-electron chi connectivity index (χ4n) is 3.46. The van der Waals surface area contributed by atoms with Crippen LogP contribution in [0.15, 0.2) is 112 Å². The van der Waals surface area contributed by atoms with E-state index >= 15 is 0 Å². The minimum Gasteiger partial charge on any atom is -0.452 e. The van der Waals surface area contributed by atoms with Crippen molar-refractivity contribution < 1.29 is 37.5 Å². The maximum Gasteiger partial charge on any atom is 0.280 e. The minimum absolute atomic E-state index is 0.00429. The molecule has 2 N–H and O–H groups in total. The summed E-state index contributed by atoms with van der Waals surface area (Å²) in [4.78, 5) is 64.8. The average molecular weight is 730 g/mol. The second-order valence-corrected chi connectivity index (χ2v) is 10.1. The number of rotatable bonds is 7. The number of aldehydes is 1. The Morgan fingerprint density at radius 1 is 0.714 bits per heavy atom. The van der Waals surface area contributed by atoms with Crippen LogP contribution in [0.25, 0.3) is 0 Å². The number of nitrogens with two attached hydrogens (primary N) is 1. The number of oxazole rings is 3. The van der Waals surface area contributed by atoms with E-state index in [1.807, 2.05) is 0 Å². The SMILES string of the molecule is Nc1ccc(Cl)cc1C(=O)c1cocn1.O=C(c1cocn1)c1cc(Cl)ccc1[N+](=O)[O-].O=Cc1cc(Cl)ccc1[N+](=O)[O-].c1cocn1. The van der Waals surface area contributed by atoms with Gasteiger partial charge in [0.25, 0.3) is 11.4 Å². The van der Waals surface area contributed by atoms with Gasteiger partial charge >= 0.3 is 0 Å². The van der Waals surface area contributed by atoms with Crippen molar-refractivity contribution in [1.82, 2.24) is 15.0 Å². The fourth-order valence-corrected chi connectivity index (χ4v) is 3.99. The highest BCUT2D eigenvalue weighted by Crippen LogP contribution is 2.25. The molecule has 0 aliphatic carbocycles. The predicted molar refractivity (Wildman–Crippen MR) is 174 cm³/mol. The normalized spacial score (nSPS) is 9.78. The van der Waals surface area contributed by atoms with Gasteiger partial charge in [-0.3, -0.25) is 34.6 Å². The van der Waals surface area contributed by atoms with Crippen molar-refractivity contribution >= 4 is 69.7 Å². The van der Waals surface area contributed by atoms with Gasteiger partial charge in [-0.05, 0) is 42.5 Å². The maximum absolute atomic E-state index is 11.9. The number of carbonyl (C=O) groups is 3. The lowest BCUT2D eigenvalue weighted by molar-refractivity contribution is -0.385. The molecule has 0 spiro atoms. The molecule has 19 heteroatoms. The van der Waals surface area contributed by atoms with Crippen LogP contribution in [-0.4, -0.2) is 42.7 Å². The number of halogens is 3. The van der Waals surface area contributed by atoms with Gasteiger partial charge in [-0.15, -0.1) is 0 Å². The summed E-state index contributed by atoms with van der Waals surface area (Å²) in [5, 5.41) is 22.1. The Hall–Kier alpha value is -6.23. The Kier molecular flexibility index (Phi) is 13.8. The molecule has 0 fully saturated rings. The molecule has 3 aromatic carbocycles. The lowest BCUT2D eigenvalue weighted by Gasteiger charge is -2.02. The van der Waals surface area contributed by atoms with Crippen LogP contribution >= 0.6 is 34.8 Å². The Labute approximate surface area is 289 Å². The molecule has 16 nitrogen and oxygen atoms in total. The first-order valence-corrected chi connectivity index (χ1v) is 14.1. The standard InChI is InChI=1S/C10H5ClN2O4.C10H7ClN2O2.C7H4ClNO3.C3H3NO/c11-6-1-2-9(13(15)16)7(3-6)10(14)8-4-17-5-12-8;11-6-1-2-8(12)7(3-6)10(14)9-4-15-5-13-9;8-6-1-2-7(9(11)12)5(3-6)4-10;1-2-5-3-4-1/h1-5H;1-5H,12H2;1-4H;1-3H. The molecule has 0 amide bonds. The van der Waals surface area contributed by atoms with E-state index in [0.29, 0.717) is 27.6 Å². The van der Waals surface area contributed by atoms with Gasteiger partial charge in [0, 0.05) is 38.5 Å². The summed E-state index contributed by atoms with van der Waals surface area (Å²) in [6.45, 7) is 0. The number of ketones is 2. The monoisotopic (exact) mass is 728 g/mol.